The number of hydrogen-bond acceptors (Lipinski definition) is 5. The second-order valence-corrected chi connectivity index (χ2v) is 4.96. The summed E-state index contributed by atoms with van der Waals surface area (Å²) in [6.07, 6.45) is -0.219. The van der Waals surface area contributed by atoms with Crippen LogP contribution < -0.4 is 14.8 Å². The van der Waals surface area contributed by atoms with Crippen molar-refractivity contribution < 1.29 is 19.2 Å². The zero-order chi connectivity index (χ0) is 17.5. The summed E-state index contributed by atoms with van der Waals surface area (Å²) in [7, 11) is 1.38. The highest BCUT2D eigenvalue weighted by molar-refractivity contribution is 5.95. The predicted octanol–water partition coefficient (Wildman–Crippen LogP) is 3.40. The van der Waals surface area contributed by atoms with Crippen LogP contribution >= 0.6 is 0 Å². The van der Waals surface area contributed by atoms with Gasteiger partial charge in [-0.25, -0.2) is 0 Å². The second kappa shape index (κ2) is 7.96. The molecule has 0 spiro atoms. The summed E-state index contributed by atoms with van der Waals surface area (Å²) in [6, 6.07) is 13.0. The Hall–Kier alpha value is -3.09. The highest BCUT2D eigenvalue weighted by atomic mass is 16.6. The summed E-state index contributed by atoms with van der Waals surface area (Å²) >= 11 is 0. The Labute approximate surface area is 139 Å². The monoisotopic (exact) mass is 330 g/mol. The molecule has 2 aromatic carbocycles. The Morgan fingerprint density at radius 1 is 1.25 bits per heavy atom. The molecule has 0 heterocycles. The van der Waals surface area contributed by atoms with Gasteiger partial charge in [-0.1, -0.05) is 25.1 Å². The molecule has 2 rings (SSSR count). The van der Waals surface area contributed by atoms with Crippen molar-refractivity contribution in [2.45, 2.75) is 19.4 Å². The number of hydrogen-bond donors (Lipinski definition) is 1. The predicted molar refractivity (Wildman–Crippen MR) is 89.4 cm³/mol. The van der Waals surface area contributed by atoms with Crippen LogP contribution in [-0.2, 0) is 4.79 Å². The van der Waals surface area contributed by atoms with Crippen molar-refractivity contribution in [3.8, 4) is 11.5 Å². The highest BCUT2D eigenvalue weighted by Gasteiger charge is 2.21. The van der Waals surface area contributed by atoms with Crippen molar-refractivity contribution in [2.24, 2.45) is 0 Å². The number of carbonyl (C=O) groups is 1. The van der Waals surface area contributed by atoms with Crippen molar-refractivity contribution in [3.05, 3.63) is 58.6 Å². The van der Waals surface area contributed by atoms with Crippen LogP contribution in [0.1, 0.15) is 13.3 Å². The lowest BCUT2D eigenvalue weighted by Gasteiger charge is -2.18. The minimum Gasteiger partial charge on any atom is -0.494 e. The maximum Gasteiger partial charge on any atom is 0.273 e. The summed E-state index contributed by atoms with van der Waals surface area (Å²) in [4.78, 5) is 22.7. The number of para-hydroxylation sites is 1. The normalized spacial score (nSPS) is 11.4. The van der Waals surface area contributed by atoms with Crippen molar-refractivity contribution >= 4 is 17.3 Å². The van der Waals surface area contributed by atoms with E-state index in [1.54, 1.807) is 12.1 Å². The summed E-state index contributed by atoms with van der Waals surface area (Å²) in [5, 5.41) is 13.5. The zero-order valence-corrected chi connectivity index (χ0v) is 13.4. The first-order valence-electron chi connectivity index (χ1n) is 7.40. The fourth-order valence-corrected chi connectivity index (χ4v) is 2.10. The quantitative estimate of drug-likeness (QED) is 0.620. The first-order valence-corrected chi connectivity index (χ1v) is 7.40. The van der Waals surface area contributed by atoms with Gasteiger partial charge in [0, 0.05) is 6.07 Å². The van der Waals surface area contributed by atoms with Crippen LogP contribution in [0.15, 0.2) is 48.5 Å². The Balaban J connectivity index is 2.13. The number of methoxy groups -OCH3 is 1. The van der Waals surface area contributed by atoms with Gasteiger partial charge in [0.15, 0.2) is 6.10 Å². The number of non-ortho nitro benzene ring substituents is 1. The molecular formula is C17H18N2O5. The molecule has 0 radical (unpaired) electrons. The maximum absolute atomic E-state index is 12.4. The average molecular weight is 330 g/mol. The third-order valence-corrected chi connectivity index (χ3v) is 3.34. The molecule has 0 bridgehead atoms. The number of amides is 1. The van der Waals surface area contributed by atoms with Gasteiger partial charge in [0.1, 0.15) is 11.5 Å². The van der Waals surface area contributed by atoms with Crippen molar-refractivity contribution in [1.29, 1.82) is 0 Å². The van der Waals surface area contributed by atoms with E-state index in [1.807, 2.05) is 25.1 Å². The summed E-state index contributed by atoms with van der Waals surface area (Å²) in [5.74, 6) is 0.454. The molecule has 0 fully saturated rings. The van der Waals surface area contributed by atoms with E-state index in [9.17, 15) is 14.9 Å². The van der Waals surface area contributed by atoms with Gasteiger partial charge in [0.25, 0.3) is 11.6 Å². The van der Waals surface area contributed by atoms with Crippen LogP contribution in [0.25, 0.3) is 0 Å². The minimum absolute atomic E-state index is 0.113. The Kier molecular flexibility index (Phi) is 5.73. The van der Waals surface area contributed by atoms with Crippen molar-refractivity contribution in [1.82, 2.24) is 0 Å². The van der Waals surface area contributed by atoms with E-state index in [2.05, 4.69) is 5.32 Å². The highest BCUT2D eigenvalue weighted by Crippen LogP contribution is 2.29. The maximum atomic E-state index is 12.4. The Morgan fingerprint density at radius 2 is 1.96 bits per heavy atom. The zero-order valence-electron chi connectivity index (χ0n) is 13.4. The standard InChI is InChI=1S/C17H18N2O5/c1-3-15(24-13-7-5-4-6-8-13)17(20)18-14-10-9-12(19(21)22)11-16(14)23-2/h4-11,15H,3H2,1-2H3,(H,18,20)/t15-/m1/s1. The van der Waals surface area contributed by atoms with Gasteiger partial charge < -0.3 is 14.8 Å². The number of benzene rings is 2. The van der Waals surface area contributed by atoms with E-state index in [0.717, 1.165) is 0 Å². The SMILES string of the molecule is CC[C@@H](Oc1ccccc1)C(=O)Nc1ccc([N+](=O)[O-])cc1OC. The Bertz CT molecular complexity index is 718. The number of ether oxygens (including phenoxy) is 2. The van der Waals surface area contributed by atoms with E-state index in [-0.39, 0.29) is 17.3 Å². The van der Waals surface area contributed by atoms with Crippen molar-refractivity contribution in [2.75, 3.05) is 12.4 Å². The summed E-state index contributed by atoms with van der Waals surface area (Å²) in [5.41, 5.74) is 0.237. The van der Waals surface area contributed by atoms with Crippen LogP contribution in [0.3, 0.4) is 0 Å². The summed E-state index contributed by atoms with van der Waals surface area (Å²) < 4.78 is 10.8. The number of nitro benzene ring substituents is 1. The number of nitrogens with zero attached hydrogens (tertiary/aromatic N) is 1. The van der Waals surface area contributed by atoms with E-state index < -0.39 is 11.0 Å². The fourth-order valence-electron chi connectivity index (χ4n) is 2.10. The largest absolute Gasteiger partial charge is 0.494 e. The van der Waals surface area contributed by atoms with E-state index in [1.165, 1.54) is 25.3 Å². The molecule has 7 nitrogen and oxygen atoms in total. The molecule has 0 aliphatic carbocycles. The van der Waals surface area contributed by atoms with Gasteiger partial charge in [-0.2, -0.15) is 0 Å². The Morgan fingerprint density at radius 3 is 2.54 bits per heavy atom. The molecule has 24 heavy (non-hydrogen) atoms. The third-order valence-electron chi connectivity index (χ3n) is 3.34. The molecule has 1 atom stereocenters. The first-order chi connectivity index (χ1) is 11.5. The lowest BCUT2D eigenvalue weighted by molar-refractivity contribution is -0.384. The lowest BCUT2D eigenvalue weighted by atomic mass is 10.2. The molecule has 0 aromatic heterocycles. The van der Waals surface area contributed by atoms with Crippen LogP contribution in [0.4, 0.5) is 11.4 Å². The average Bonchev–Trinajstić information content (AvgIpc) is 2.60. The fraction of sp³-hybridized carbons (Fsp3) is 0.235. The molecule has 0 saturated heterocycles. The first kappa shape index (κ1) is 17.3. The van der Waals surface area contributed by atoms with Crippen LogP contribution in [-0.4, -0.2) is 24.0 Å². The molecule has 2 aromatic rings. The lowest BCUT2D eigenvalue weighted by Crippen LogP contribution is -2.32. The number of rotatable bonds is 7. The van der Waals surface area contributed by atoms with Gasteiger partial charge in [0.2, 0.25) is 0 Å². The summed E-state index contributed by atoms with van der Waals surface area (Å²) in [6.45, 7) is 1.83. The molecule has 0 saturated carbocycles. The number of nitrogens with one attached hydrogen (secondary N) is 1. The molecule has 0 aliphatic heterocycles. The molecular weight excluding hydrogens is 312 g/mol. The van der Waals surface area contributed by atoms with Crippen LogP contribution in [0, 0.1) is 10.1 Å². The smallest absolute Gasteiger partial charge is 0.273 e. The van der Waals surface area contributed by atoms with Crippen LogP contribution in [0.5, 0.6) is 11.5 Å². The topological polar surface area (TPSA) is 90.7 Å². The van der Waals surface area contributed by atoms with Gasteiger partial charge in [-0.3, -0.25) is 14.9 Å². The van der Waals surface area contributed by atoms with Gasteiger partial charge in [-0.15, -0.1) is 0 Å². The van der Waals surface area contributed by atoms with E-state index in [0.29, 0.717) is 17.9 Å². The second-order valence-electron chi connectivity index (χ2n) is 4.96. The molecule has 0 aliphatic rings. The minimum atomic E-state index is -0.688. The molecule has 1 N–H and O–H groups in total. The number of nitro groups is 1. The van der Waals surface area contributed by atoms with E-state index in [4.69, 9.17) is 9.47 Å². The number of carbonyl (C=O) groups excluding carboxylic acids is 1. The third kappa shape index (κ3) is 4.22. The molecule has 7 heteroatoms. The van der Waals surface area contributed by atoms with Crippen LogP contribution in [0.2, 0.25) is 0 Å². The van der Waals surface area contributed by atoms with Gasteiger partial charge in [-0.05, 0) is 24.6 Å². The van der Waals surface area contributed by atoms with Crippen molar-refractivity contribution in [3.63, 3.8) is 0 Å². The molecule has 126 valence electrons. The van der Waals surface area contributed by atoms with Gasteiger partial charge in [0.05, 0.1) is 23.8 Å². The molecule has 1 amide bonds. The van der Waals surface area contributed by atoms with E-state index >= 15 is 0 Å². The number of anilines is 1. The van der Waals surface area contributed by atoms with Gasteiger partial charge >= 0.3 is 0 Å². The molecule has 0 unspecified atom stereocenters.